The fraction of sp³-hybridized carbons (Fsp3) is 0.333. The summed E-state index contributed by atoms with van der Waals surface area (Å²) in [5, 5.41) is 0. The molecule has 2 nitrogen and oxygen atoms in total. The van der Waals surface area contributed by atoms with Crippen LogP contribution in [0.3, 0.4) is 0 Å². The molecule has 0 spiro atoms. The van der Waals surface area contributed by atoms with Gasteiger partial charge in [0, 0.05) is 20.6 Å². The lowest BCUT2D eigenvalue weighted by Crippen LogP contribution is -2.13. The maximum absolute atomic E-state index is 13.1. The van der Waals surface area contributed by atoms with Gasteiger partial charge in [-0.3, -0.25) is 0 Å². The molecule has 13 heavy (non-hydrogen) atoms. The van der Waals surface area contributed by atoms with E-state index >= 15 is 0 Å². The fourth-order valence-corrected chi connectivity index (χ4v) is 1.07. The first-order valence-electron chi connectivity index (χ1n) is 3.91. The standard InChI is InChI=1S/C9H12F2N2/c1-13(2)8-4-6(5-12)3-7(10)9(8)11/h3-4H,5,12H2,1-2H3. The van der Waals surface area contributed by atoms with E-state index in [1.165, 1.54) is 4.90 Å². The van der Waals surface area contributed by atoms with Crippen LogP contribution < -0.4 is 10.6 Å². The van der Waals surface area contributed by atoms with Crippen LogP contribution in [0.1, 0.15) is 5.56 Å². The number of benzene rings is 1. The molecule has 0 heterocycles. The summed E-state index contributed by atoms with van der Waals surface area (Å²) in [6, 6.07) is 2.65. The van der Waals surface area contributed by atoms with Crippen molar-refractivity contribution in [1.29, 1.82) is 0 Å². The summed E-state index contributed by atoms with van der Waals surface area (Å²) in [5.74, 6) is -1.69. The predicted octanol–water partition coefficient (Wildman–Crippen LogP) is 1.49. The Morgan fingerprint density at radius 2 is 1.92 bits per heavy atom. The molecular formula is C9H12F2N2. The van der Waals surface area contributed by atoms with Gasteiger partial charge < -0.3 is 10.6 Å². The van der Waals surface area contributed by atoms with E-state index in [-0.39, 0.29) is 12.2 Å². The van der Waals surface area contributed by atoms with Crippen LogP contribution in [0.25, 0.3) is 0 Å². The van der Waals surface area contributed by atoms with E-state index in [0.29, 0.717) is 5.56 Å². The molecule has 0 aromatic heterocycles. The van der Waals surface area contributed by atoms with Crippen LogP contribution in [-0.4, -0.2) is 14.1 Å². The average Bonchev–Trinajstić information content (AvgIpc) is 2.09. The van der Waals surface area contributed by atoms with Crippen LogP contribution in [0.15, 0.2) is 12.1 Å². The second-order valence-corrected chi connectivity index (χ2v) is 3.01. The minimum absolute atomic E-state index is 0.206. The molecule has 0 bridgehead atoms. The molecule has 4 heteroatoms. The summed E-state index contributed by atoms with van der Waals surface area (Å²) in [6.45, 7) is 0.206. The summed E-state index contributed by atoms with van der Waals surface area (Å²) in [4.78, 5) is 1.51. The van der Waals surface area contributed by atoms with E-state index in [0.717, 1.165) is 6.07 Å². The molecule has 1 rings (SSSR count). The Labute approximate surface area is 76.0 Å². The molecule has 0 saturated carbocycles. The smallest absolute Gasteiger partial charge is 0.182 e. The predicted molar refractivity (Wildman–Crippen MR) is 48.6 cm³/mol. The Kier molecular flexibility index (Phi) is 2.83. The molecule has 0 aliphatic rings. The summed E-state index contributed by atoms with van der Waals surface area (Å²) in [5.41, 5.74) is 6.14. The first kappa shape index (κ1) is 9.92. The summed E-state index contributed by atoms with van der Waals surface area (Å²) in [7, 11) is 3.30. The van der Waals surface area contributed by atoms with E-state index in [1.54, 1.807) is 20.2 Å². The van der Waals surface area contributed by atoms with Crippen LogP contribution in [0.2, 0.25) is 0 Å². The topological polar surface area (TPSA) is 29.3 Å². The maximum atomic E-state index is 13.1. The molecule has 0 atom stereocenters. The molecule has 0 saturated heterocycles. The molecular weight excluding hydrogens is 174 g/mol. The van der Waals surface area contributed by atoms with E-state index in [2.05, 4.69) is 0 Å². The van der Waals surface area contributed by atoms with Crippen molar-refractivity contribution < 1.29 is 8.78 Å². The third-order valence-electron chi connectivity index (χ3n) is 1.79. The first-order chi connectivity index (χ1) is 6.06. The number of halogens is 2. The van der Waals surface area contributed by atoms with E-state index in [9.17, 15) is 8.78 Å². The van der Waals surface area contributed by atoms with Gasteiger partial charge in [0.15, 0.2) is 11.6 Å². The molecule has 0 fully saturated rings. The van der Waals surface area contributed by atoms with Gasteiger partial charge in [-0.15, -0.1) is 0 Å². The third-order valence-corrected chi connectivity index (χ3v) is 1.79. The Hall–Kier alpha value is -1.16. The van der Waals surface area contributed by atoms with Gasteiger partial charge in [-0.1, -0.05) is 0 Å². The van der Waals surface area contributed by atoms with Crippen molar-refractivity contribution in [1.82, 2.24) is 0 Å². The zero-order valence-electron chi connectivity index (χ0n) is 7.64. The first-order valence-corrected chi connectivity index (χ1v) is 3.91. The van der Waals surface area contributed by atoms with Crippen LogP contribution >= 0.6 is 0 Å². The minimum Gasteiger partial charge on any atom is -0.375 e. The van der Waals surface area contributed by atoms with Gasteiger partial charge in [0.2, 0.25) is 0 Å². The lowest BCUT2D eigenvalue weighted by molar-refractivity contribution is 0.507. The van der Waals surface area contributed by atoms with Gasteiger partial charge >= 0.3 is 0 Å². The Balaban J connectivity index is 3.25. The van der Waals surface area contributed by atoms with Crippen molar-refractivity contribution in [2.45, 2.75) is 6.54 Å². The molecule has 2 N–H and O–H groups in total. The summed E-state index contributed by atoms with van der Waals surface area (Å²) in [6.07, 6.45) is 0. The van der Waals surface area contributed by atoms with Crippen LogP contribution in [-0.2, 0) is 6.54 Å². The zero-order chi connectivity index (χ0) is 10.0. The highest BCUT2D eigenvalue weighted by Gasteiger charge is 2.11. The highest BCUT2D eigenvalue weighted by molar-refractivity contribution is 5.49. The lowest BCUT2D eigenvalue weighted by atomic mass is 10.2. The molecule has 0 aliphatic carbocycles. The maximum Gasteiger partial charge on any atom is 0.182 e. The highest BCUT2D eigenvalue weighted by Crippen LogP contribution is 2.21. The van der Waals surface area contributed by atoms with Gasteiger partial charge in [-0.2, -0.15) is 0 Å². The van der Waals surface area contributed by atoms with Crippen molar-refractivity contribution in [3.63, 3.8) is 0 Å². The largest absolute Gasteiger partial charge is 0.375 e. The van der Waals surface area contributed by atoms with Gasteiger partial charge in [0.1, 0.15) is 0 Å². The molecule has 0 amide bonds. The van der Waals surface area contributed by atoms with Crippen molar-refractivity contribution in [3.05, 3.63) is 29.3 Å². The quantitative estimate of drug-likeness (QED) is 0.758. The second-order valence-electron chi connectivity index (χ2n) is 3.01. The number of rotatable bonds is 2. The minimum atomic E-state index is -0.855. The monoisotopic (exact) mass is 186 g/mol. The Morgan fingerprint density at radius 1 is 1.31 bits per heavy atom. The van der Waals surface area contributed by atoms with Crippen molar-refractivity contribution in [2.24, 2.45) is 5.73 Å². The molecule has 1 aromatic rings. The highest BCUT2D eigenvalue weighted by atomic mass is 19.2. The number of hydrogen-bond donors (Lipinski definition) is 1. The van der Waals surface area contributed by atoms with Gasteiger partial charge in [0.05, 0.1) is 5.69 Å². The van der Waals surface area contributed by atoms with E-state index in [4.69, 9.17) is 5.73 Å². The summed E-state index contributed by atoms with van der Waals surface area (Å²) < 4.78 is 26.0. The molecule has 72 valence electrons. The fourth-order valence-electron chi connectivity index (χ4n) is 1.07. The van der Waals surface area contributed by atoms with Crippen molar-refractivity contribution in [2.75, 3.05) is 19.0 Å². The van der Waals surface area contributed by atoms with Gasteiger partial charge in [0.25, 0.3) is 0 Å². The van der Waals surface area contributed by atoms with Crippen LogP contribution in [0.5, 0.6) is 0 Å². The SMILES string of the molecule is CN(C)c1cc(CN)cc(F)c1F. The van der Waals surface area contributed by atoms with Crippen molar-refractivity contribution in [3.8, 4) is 0 Å². The van der Waals surface area contributed by atoms with Crippen LogP contribution in [0.4, 0.5) is 14.5 Å². The summed E-state index contributed by atoms with van der Waals surface area (Å²) >= 11 is 0. The number of anilines is 1. The molecule has 0 aliphatic heterocycles. The molecule has 0 radical (unpaired) electrons. The normalized spacial score (nSPS) is 10.2. The number of hydrogen-bond acceptors (Lipinski definition) is 2. The van der Waals surface area contributed by atoms with E-state index in [1.807, 2.05) is 0 Å². The number of nitrogens with zero attached hydrogens (tertiary/aromatic N) is 1. The van der Waals surface area contributed by atoms with Gasteiger partial charge in [-0.25, -0.2) is 8.78 Å². The van der Waals surface area contributed by atoms with E-state index < -0.39 is 11.6 Å². The average molecular weight is 186 g/mol. The zero-order valence-corrected chi connectivity index (χ0v) is 7.64. The third kappa shape index (κ3) is 1.95. The number of nitrogens with two attached hydrogens (primary N) is 1. The van der Waals surface area contributed by atoms with Crippen LogP contribution in [0, 0.1) is 11.6 Å². The molecule has 1 aromatic carbocycles. The lowest BCUT2D eigenvalue weighted by Gasteiger charge is -2.14. The molecule has 0 unspecified atom stereocenters. The van der Waals surface area contributed by atoms with Gasteiger partial charge in [-0.05, 0) is 17.7 Å². The Bertz CT molecular complexity index is 311. The second kappa shape index (κ2) is 3.70. The Morgan fingerprint density at radius 3 is 2.38 bits per heavy atom. The van der Waals surface area contributed by atoms with Crippen molar-refractivity contribution >= 4 is 5.69 Å².